The van der Waals surface area contributed by atoms with Crippen molar-refractivity contribution >= 4 is 12.0 Å². The summed E-state index contributed by atoms with van der Waals surface area (Å²) >= 11 is 0. The van der Waals surface area contributed by atoms with Crippen molar-refractivity contribution in [1.29, 1.82) is 5.26 Å². The molecule has 1 heterocycles. The van der Waals surface area contributed by atoms with Crippen molar-refractivity contribution in [2.75, 3.05) is 11.9 Å². The lowest BCUT2D eigenvalue weighted by atomic mass is 10.1. The van der Waals surface area contributed by atoms with E-state index in [4.69, 9.17) is 10.00 Å². The molecule has 0 saturated carbocycles. The minimum Gasteiger partial charge on any atom is -0.437 e. The Balaban J connectivity index is 1.74. The van der Waals surface area contributed by atoms with E-state index in [1.165, 1.54) is 0 Å². The van der Waals surface area contributed by atoms with Crippen molar-refractivity contribution in [1.82, 2.24) is 9.78 Å². The molecule has 28 heavy (non-hydrogen) atoms. The number of nitrogens with zero attached hydrogens (tertiary/aromatic N) is 4. The van der Waals surface area contributed by atoms with Gasteiger partial charge in [0.15, 0.2) is 0 Å². The summed E-state index contributed by atoms with van der Waals surface area (Å²) in [6.07, 6.45) is 4.60. The Morgan fingerprint density at radius 1 is 1.18 bits per heavy atom. The van der Waals surface area contributed by atoms with Crippen LogP contribution in [0.4, 0.5) is 5.69 Å². The highest BCUT2D eigenvalue weighted by Crippen LogP contribution is 2.29. The zero-order valence-corrected chi connectivity index (χ0v) is 16.3. The summed E-state index contributed by atoms with van der Waals surface area (Å²) in [4.78, 5) is 4.29. The first-order chi connectivity index (χ1) is 13.6. The van der Waals surface area contributed by atoms with Gasteiger partial charge in [-0.3, -0.25) is 4.99 Å². The average molecular weight is 373 g/mol. The van der Waals surface area contributed by atoms with Crippen LogP contribution in [0.3, 0.4) is 0 Å². The fraction of sp³-hybridized carbons (Fsp3) is 0.227. The number of nitrogens with one attached hydrogen (secondary N) is 1. The van der Waals surface area contributed by atoms with Crippen LogP contribution in [-0.2, 0) is 0 Å². The van der Waals surface area contributed by atoms with Crippen LogP contribution in [0.25, 0.3) is 5.69 Å². The molecule has 6 nitrogen and oxygen atoms in total. The van der Waals surface area contributed by atoms with Gasteiger partial charge < -0.3 is 10.1 Å². The summed E-state index contributed by atoms with van der Waals surface area (Å²) < 4.78 is 7.71. The molecule has 0 bridgehead atoms. The Labute approximate surface area is 165 Å². The van der Waals surface area contributed by atoms with Crippen molar-refractivity contribution in [2.45, 2.75) is 27.2 Å². The quantitative estimate of drug-likeness (QED) is 0.467. The summed E-state index contributed by atoms with van der Waals surface area (Å²) in [5.41, 5.74) is 4.56. The molecule has 0 amide bonds. The van der Waals surface area contributed by atoms with Gasteiger partial charge in [0.05, 0.1) is 23.7 Å². The third-order valence-electron chi connectivity index (χ3n) is 4.23. The third-order valence-corrected chi connectivity index (χ3v) is 4.23. The van der Waals surface area contributed by atoms with Crippen LogP contribution in [0.15, 0.2) is 53.7 Å². The molecule has 0 unspecified atom stereocenters. The number of aromatic nitrogens is 2. The molecule has 0 atom stereocenters. The van der Waals surface area contributed by atoms with Crippen LogP contribution in [0.5, 0.6) is 11.6 Å². The molecule has 0 aliphatic carbocycles. The van der Waals surface area contributed by atoms with Crippen molar-refractivity contribution in [3.63, 3.8) is 0 Å². The first-order valence-electron chi connectivity index (χ1n) is 9.21. The van der Waals surface area contributed by atoms with Crippen molar-refractivity contribution in [2.24, 2.45) is 4.99 Å². The Hall–Kier alpha value is -3.59. The van der Waals surface area contributed by atoms with Crippen molar-refractivity contribution in [3.05, 3.63) is 65.4 Å². The van der Waals surface area contributed by atoms with Gasteiger partial charge in [-0.15, -0.1) is 5.10 Å². The molecule has 1 aromatic heterocycles. The van der Waals surface area contributed by atoms with Crippen LogP contribution < -0.4 is 10.1 Å². The lowest BCUT2D eigenvalue weighted by molar-refractivity contribution is 0.454. The highest BCUT2D eigenvalue weighted by molar-refractivity contribution is 5.78. The first-order valence-corrected chi connectivity index (χ1v) is 9.21. The van der Waals surface area contributed by atoms with Gasteiger partial charge >= 0.3 is 0 Å². The van der Waals surface area contributed by atoms with E-state index in [1.54, 1.807) is 23.2 Å². The maximum Gasteiger partial charge on any atom is 0.238 e. The lowest BCUT2D eigenvalue weighted by Crippen LogP contribution is -2.00. The minimum atomic E-state index is 0.511. The van der Waals surface area contributed by atoms with E-state index in [0.717, 1.165) is 41.2 Å². The van der Waals surface area contributed by atoms with Crippen LogP contribution in [0, 0.1) is 25.2 Å². The predicted octanol–water partition coefficient (Wildman–Crippen LogP) is 5.00. The Kier molecular flexibility index (Phi) is 6.07. The summed E-state index contributed by atoms with van der Waals surface area (Å²) in [6.45, 7) is 6.94. The fourth-order valence-electron chi connectivity index (χ4n) is 2.67. The number of ether oxygens (including phenoxy) is 1. The summed E-state index contributed by atoms with van der Waals surface area (Å²) in [6, 6.07) is 15.2. The molecule has 0 saturated heterocycles. The largest absolute Gasteiger partial charge is 0.437 e. The number of aliphatic imine (C=N–C) groups is 1. The highest BCUT2D eigenvalue weighted by Gasteiger charge is 2.09. The van der Waals surface area contributed by atoms with Crippen LogP contribution in [-0.4, -0.2) is 22.7 Å². The van der Waals surface area contributed by atoms with Crippen molar-refractivity contribution < 1.29 is 4.74 Å². The molecular formula is C22H23N5O. The van der Waals surface area contributed by atoms with E-state index in [1.807, 2.05) is 50.4 Å². The van der Waals surface area contributed by atoms with E-state index in [-0.39, 0.29) is 0 Å². The topological polar surface area (TPSA) is 75.2 Å². The fourth-order valence-corrected chi connectivity index (χ4v) is 2.67. The Morgan fingerprint density at radius 3 is 2.68 bits per heavy atom. The molecule has 6 heteroatoms. The smallest absolute Gasteiger partial charge is 0.238 e. The van der Waals surface area contributed by atoms with E-state index >= 15 is 0 Å². The zero-order chi connectivity index (χ0) is 19.9. The summed E-state index contributed by atoms with van der Waals surface area (Å²) in [7, 11) is 0. The molecule has 0 aliphatic heterocycles. The van der Waals surface area contributed by atoms with Gasteiger partial charge in [0, 0.05) is 24.5 Å². The van der Waals surface area contributed by atoms with Gasteiger partial charge in [0.2, 0.25) is 5.88 Å². The highest BCUT2D eigenvalue weighted by atomic mass is 16.5. The average Bonchev–Trinajstić information content (AvgIpc) is 3.17. The first kappa shape index (κ1) is 19.2. The van der Waals surface area contributed by atoms with Gasteiger partial charge in [-0.25, -0.2) is 4.68 Å². The summed E-state index contributed by atoms with van der Waals surface area (Å²) in [5.74, 6) is 1.27. The maximum absolute atomic E-state index is 8.90. The van der Waals surface area contributed by atoms with Gasteiger partial charge in [-0.2, -0.15) is 5.26 Å². The third kappa shape index (κ3) is 4.57. The zero-order valence-electron chi connectivity index (χ0n) is 16.3. The number of benzene rings is 2. The second-order valence-electron chi connectivity index (χ2n) is 6.47. The number of hydrogen-bond acceptors (Lipinski definition) is 4. The molecule has 1 N–H and O–H groups in total. The number of hydrogen-bond donors (Lipinski definition) is 1. The van der Waals surface area contributed by atoms with Crippen LogP contribution in [0.1, 0.15) is 30.0 Å². The molecule has 142 valence electrons. The standard InChI is InChI=1S/C22H23N5O/c1-4-10-24-15-25-20-12-17(3)21(13-16(20)2)28-22-9-11-27(26-22)19-7-5-18(14-23)6-8-19/h5-9,11-13,15H,4,10H2,1-3H3,(H,24,25). The second kappa shape index (κ2) is 8.87. The minimum absolute atomic E-state index is 0.511. The van der Waals surface area contributed by atoms with E-state index in [9.17, 15) is 0 Å². The lowest BCUT2D eigenvalue weighted by Gasteiger charge is -2.11. The van der Waals surface area contributed by atoms with Gasteiger partial charge in [-0.1, -0.05) is 6.92 Å². The molecule has 0 radical (unpaired) electrons. The molecule has 2 aromatic carbocycles. The monoisotopic (exact) mass is 373 g/mol. The molecular weight excluding hydrogens is 350 g/mol. The number of aryl methyl sites for hydroxylation is 2. The number of nitriles is 1. The Morgan fingerprint density at radius 2 is 1.96 bits per heavy atom. The van der Waals surface area contributed by atoms with Gasteiger partial charge in [0.25, 0.3) is 0 Å². The van der Waals surface area contributed by atoms with E-state index in [2.05, 4.69) is 28.4 Å². The van der Waals surface area contributed by atoms with Crippen molar-refractivity contribution in [3.8, 4) is 23.4 Å². The SMILES string of the molecule is CCCN=CNc1cc(C)c(Oc2ccn(-c3ccc(C#N)cc3)n2)cc1C. The predicted molar refractivity (Wildman–Crippen MR) is 112 cm³/mol. The van der Waals surface area contributed by atoms with E-state index in [0.29, 0.717) is 11.4 Å². The summed E-state index contributed by atoms with van der Waals surface area (Å²) in [5, 5.41) is 16.6. The normalized spacial score (nSPS) is 10.8. The molecule has 3 rings (SSSR count). The van der Waals surface area contributed by atoms with Gasteiger partial charge in [0.1, 0.15) is 5.75 Å². The number of rotatable bonds is 7. The molecule has 0 spiro atoms. The van der Waals surface area contributed by atoms with Crippen LogP contribution >= 0.6 is 0 Å². The molecule has 0 fully saturated rings. The maximum atomic E-state index is 8.90. The number of anilines is 1. The van der Waals surface area contributed by atoms with Gasteiger partial charge in [-0.05, 0) is 67.8 Å². The molecule has 3 aromatic rings. The van der Waals surface area contributed by atoms with E-state index < -0.39 is 0 Å². The second-order valence-corrected chi connectivity index (χ2v) is 6.47. The molecule has 0 aliphatic rings. The Bertz CT molecular complexity index is 1010. The van der Waals surface area contributed by atoms with Crippen LogP contribution in [0.2, 0.25) is 0 Å².